The molecule has 0 amide bonds. The van der Waals surface area contributed by atoms with E-state index in [2.05, 4.69) is 150 Å². The lowest BCUT2D eigenvalue weighted by Gasteiger charge is -2.51. The van der Waals surface area contributed by atoms with Crippen molar-refractivity contribution < 1.29 is 0 Å². The second-order valence-electron chi connectivity index (χ2n) is 18.0. The summed E-state index contributed by atoms with van der Waals surface area (Å²) in [7, 11) is 0. The zero-order valence-electron chi connectivity index (χ0n) is 32.4. The normalized spacial score (nSPS) is 38.3. The van der Waals surface area contributed by atoms with Gasteiger partial charge in [-0.3, -0.25) is 0 Å². The number of nitrogens with zero attached hydrogens (tertiary/aromatic N) is 1. The standard InChI is InChI=1S/C52H57NS2/c1-3-13-35(14-4-1)39-31-32-47(42-18-8-7-17-41(39)42)53(38-28-25-34(26-29-38)37-27-30-44-43-19-9-10-24-49(43)54-50(44)33-37)48-23-12-22-46-45-21-11-20-40(51(45)55-52(46)48)36-15-5-2-6-16-36/h3,5,7,9-10,12-13,15,17,19-20,22-24,27-28,30-36,39,41-42,44,47-48,50,52H,1-2,4,6,8,11,14,16,18,21,25-26,29H2/t34?,35?,36?,39?,41?,42?,44?,47?,48-,50?,52?/m1/s1. The van der Waals surface area contributed by atoms with Crippen molar-refractivity contribution in [3.8, 4) is 0 Å². The molecule has 10 unspecified atom stereocenters. The van der Waals surface area contributed by atoms with Gasteiger partial charge in [-0.15, -0.1) is 23.5 Å². The second kappa shape index (κ2) is 15.0. The van der Waals surface area contributed by atoms with E-state index in [1.54, 1.807) is 32.9 Å². The molecule has 0 spiro atoms. The smallest absolute Gasteiger partial charge is 0.0642 e. The van der Waals surface area contributed by atoms with Crippen LogP contribution in [0.15, 0.2) is 159 Å². The molecule has 0 N–H and O–H groups in total. The summed E-state index contributed by atoms with van der Waals surface area (Å²) in [5.74, 6) is 4.37. The summed E-state index contributed by atoms with van der Waals surface area (Å²) >= 11 is 4.33. The first-order valence-corrected chi connectivity index (χ1v) is 23.8. The molecule has 1 aromatic rings. The third-order valence-electron chi connectivity index (χ3n) is 15.0. The number of rotatable bonds is 6. The van der Waals surface area contributed by atoms with Crippen molar-refractivity contribution in [2.24, 2.45) is 35.5 Å². The predicted molar refractivity (Wildman–Crippen MR) is 235 cm³/mol. The minimum Gasteiger partial charge on any atom is -0.360 e. The van der Waals surface area contributed by atoms with E-state index in [0.717, 1.165) is 6.42 Å². The average molecular weight is 760 g/mol. The Kier molecular flexibility index (Phi) is 9.55. The zero-order chi connectivity index (χ0) is 36.3. The summed E-state index contributed by atoms with van der Waals surface area (Å²) < 4.78 is 0. The van der Waals surface area contributed by atoms with Crippen molar-refractivity contribution in [2.75, 3.05) is 0 Å². The Bertz CT molecular complexity index is 2040. The molecule has 2 aliphatic heterocycles. The Balaban J connectivity index is 0.920. The molecular formula is C52H57NS2. The molecule has 0 radical (unpaired) electrons. The van der Waals surface area contributed by atoms with Gasteiger partial charge < -0.3 is 4.90 Å². The molecule has 0 saturated carbocycles. The number of hydrogen-bond acceptors (Lipinski definition) is 3. The molecule has 1 aromatic carbocycles. The summed E-state index contributed by atoms with van der Waals surface area (Å²) in [6.45, 7) is 0. The van der Waals surface area contributed by atoms with Crippen LogP contribution >= 0.6 is 23.5 Å². The van der Waals surface area contributed by atoms with Gasteiger partial charge in [-0.2, -0.15) is 0 Å². The Hall–Kier alpha value is -3.14. The Morgan fingerprint density at radius 2 is 1.60 bits per heavy atom. The average Bonchev–Trinajstić information content (AvgIpc) is 3.83. The summed E-state index contributed by atoms with van der Waals surface area (Å²) in [6.07, 6.45) is 57.7. The summed E-state index contributed by atoms with van der Waals surface area (Å²) in [6, 6.07) is 9.90. The maximum Gasteiger partial charge on any atom is 0.0642 e. The number of allylic oxidation sites excluding steroid dienone is 17. The first kappa shape index (κ1) is 35.1. The lowest BCUT2D eigenvalue weighted by molar-refractivity contribution is 0.107. The Morgan fingerprint density at radius 1 is 0.691 bits per heavy atom. The first-order valence-electron chi connectivity index (χ1n) is 22.1. The van der Waals surface area contributed by atoms with Gasteiger partial charge in [-0.1, -0.05) is 115 Å². The molecule has 3 heteroatoms. The molecule has 2 heterocycles. The molecule has 0 aromatic heterocycles. The van der Waals surface area contributed by atoms with E-state index in [4.69, 9.17) is 0 Å². The quantitative estimate of drug-likeness (QED) is 0.266. The molecule has 11 atom stereocenters. The summed E-state index contributed by atoms with van der Waals surface area (Å²) in [5, 5.41) is 1.02. The van der Waals surface area contributed by atoms with E-state index in [1.165, 1.54) is 87.5 Å². The minimum absolute atomic E-state index is 0.372. The number of thioether (sulfide) groups is 2. The van der Waals surface area contributed by atoms with Crippen LogP contribution in [-0.4, -0.2) is 27.5 Å². The molecule has 0 bridgehead atoms. The lowest BCUT2D eigenvalue weighted by Crippen LogP contribution is -2.53. The number of hydrogen-bond donors (Lipinski definition) is 0. The van der Waals surface area contributed by atoms with Gasteiger partial charge in [0, 0.05) is 32.6 Å². The van der Waals surface area contributed by atoms with Crippen molar-refractivity contribution in [1.82, 2.24) is 4.90 Å². The topological polar surface area (TPSA) is 3.24 Å². The largest absolute Gasteiger partial charge is 0.360 e. The van der Waals surface area contributed by atoms with E-state index in [-0.39, 0.29) is 0 Å². The monoisotopic (exact) mass is 759 g/mol. The molecule has 0 saturated heterocycles. The third kappa shape index (κ3) is 6.30. The van der Waals surface area contributed by atoms with Crippen LogP contribution in [0.3, 0.4) is 0 Å². The second-order valence-corrected chi connectivity index (χ2v) is 20.3. The van der Waals surface area contributed by atoms with Crippen molar-refractivity contribution in [1.29, 1.82) is 0 Å². The molecule has 282 valence electrons. The summed E-state index contributed by atoms with van der Waals surface area (Å²) in [4.78, 5) is 6.16. The third-order valence-corrected chi connectivity index (χ3v) is 17.9. The van der Waals surface area contributed by atoms with E-state index < -0.39 is 0 Å². The van der Waals surface area contributed by atoms with Crippen molar-refractivity contribution in [3.05, 3.63) is 160 Å². The van der Waals surface area contributed by atoms with Crippen LogP contribution in [0.1, 0.15) is 95.0 Å². The van der Waals surface area contributed by atoms with Gasteiger partial charge in [0.15, 0.2) is 0 Å². The van der Waals surface area contributed by atoms with E-state index >= 15 is 0 Å². The minimum atomic E-state index is 0.372. The van der Waals surface area contributed by atoms with Crippen molar-refractivity contribution in [3.63, 3.8) is 0 Å². The molecular weight excluding hydrogens is 703 g/mol. The molecule has 11 rings (SSSR count). The number of benzene rings is 1. The highest BCUT2D eigenvalue weighted by Gasteiger charge is 2.47. The van der Waals surface area contributed by atoms with Crippen LogP contribution < -0.4 is 0 Å². The fraction of sp³-hybridized carbons (Fsp3) is 0.462. The van der Waals surface area contributed by atoms with Gasteiger partial charge in [0.05, 0.1) is 17.3 Å². The van der Waals surface area contributed by atoms with E-state index in [0.29, 0.717) is 64.0 Å². The van der Waals surface area contributed by atoms with Crippen LogP contribution in [0, 0.1) is 35.5 Å². The van der Waals surface area contributed by atoms with Crippen LogP contribution in [0.4, 0.5) is 0 Å². The van der Waals surface area contributed by atoms with Gasteiger partial charge >= 0.3 is 0 Å². The van der Waals surface area contributed by atoms with Gasteiger partial charge in [0.25, 0.3) is 0 Å². The number of fused-ring (bicyclic) bond motifs is 6. The van der Waals surface area contributed by atoms with E-state index in [1.807, 2.05) is 0 Å². The zero-order valence-corrected chi connectivity index (χ0v) is 34.0. The molecule has 0 fully saturated rings. The van der Waals surface area contributed by atoms with Gasteiger partial charge in [0.2, 0.25) is 0 Å². The fourth-order valence-corrected chi connectivity index (χ4v) is 15.4. The molecule has 55 heavy (non-hydrogen) atoms. The highest BCUT2D eigenvalue weighted by atomic mass is 32.2. The van der Waals surface area contributed by atoms with Crippen molar-refractivity contribution >= 4 is 23.5 Å². The highest BCUT2D eigenvalue weighted by Crippen LogP contribution is 2.56. The molecule has 1 nitrogen and oxygen atoms in total. The highest BCUT2D eigenvalue weighted by molar-refractivity contribution is 8.04. The maximum atomic E-state index is 3.03. The maximum absolute atomic E-state index is 3.03. The molecule has 8 aliphatic carbocycles. The first-order chi connectivity index (χ1) is 27.3. The lowest BCUT2D eigenvalue weighted by atomic mass is 9.63. The van der Waals surface area contributed by atoms with Gasteiger partial charge in [0.1, 0.15) is 0 Å². The van der Waals surface area contributed by atoms with Crippen LogP contribution in [0.5, 0.6) is 0 Å². The fourth-order valence-electron chi connectivity index (χ4n) is 12.4. The summed E-state index contributed by atoms with van der Waals surface area (Å²) in [5.41, 5.74) is 9.72. The van der Waals surface area contributed by atoms with Crippen molar-refractivity contribution in [2.45, 2.75) is 117 Å². The van der Waals surface area contributed by atoms with Gasteiger partial charge in [-0.05, 0) is 147 Å². The van der Waals surface area contributed by atoms with E-state index in [9.17, 15) is 0 Å². The van der Waals surface area contributed by atoms with Gasteiger partial charge in [-0.25, -0.2) is 0 Å². The van der Waals surface area contributed by atoms with Crippen LogP contribution in [0.25, 0.3) is 0 Å². The van der Waals surface area contributed by atoms with Crippen LogP contribution in [0.2, 0.25) is 0 Å². The Morgan fingerprint density at radius 3 is 2.47 bits per heavy atom. The predicted octanol–water partition coefficient (Wildman–Crippen LogP) is 13.5. The Labute approximate surface area is 339 Å². The SMILES string of the molecule is C1=C[C@@H](N(C2=CCC(C3=CC4Sc5ccccc5C4C=C3)CC2)C2C=CC(C3C=CCCC3)C3C=CCCC32)C2SC3=C(CCC=C3C3C=CCCC3)C2=C1. The molecule has 10 aliphatic rings. The van der Waals surface area contributed by atoms with Crippen LogP contribution in [-0.2, 0) is 0 Å².